The molecule has 0 aliphatic rings. The first-order chi connectivity index (χ1) is 10.2. The van der Waals surface area contributed by atoms with E-state index in [1.807, 2.05) is 60.7 Å². The summed E-state index contributed by atoms with van der Waals surface area (Å²) in [5, 5.41) is 13.0. The molecule has 2 aromatic carbocycles. The zero-order valence-corrected chi connectivity index (χ0v) is 12.7. The zero-order chi connectivity index (χ0) is 15.1. The van der Waals surface area contributed by atoms with Crippen molar-refractivity contribution >= 4 is 17.7 Å². The standard InChI is InChI=1S/C17H19NO2S/c1-18-16(19)12-15(21-14-10-6-3-7-11-14)17(20)13-8-4-2-5-9-13/h2-11,15,17,20H,12H2,1H3,(H,18,19). The minimum absolute atomic E-state index is 0.0709. The summed E-state index contributed by atoms with van der Waals surface area (Å²) in [7, 11) is 1.61. The number of carbonyl (C=O) groups excluding carboxylic acids is 1. The van der Waals surface area contributed by atoms with E-state index in [1.165, 1.54) is 11.8 Å². The van der Waals surface area contributed by atoms with Crippen LogP contribution < -0.4 is 5.32 Å². The number of amides is 1. The van der Waals surface area contributed by atoms with E-state index in [4.69, 9.17) is 0 Å². The van der Waals surface area contributed by atoms with Crippen LogP contribution in [0.5, 0.6) is 0 Å². The SMILES string of the molecule is CNC(=O)CC(Sc1ccccc1)C(O)c1ccccc1. The fraction of sp³-hybridized carbons (Fsp3) is 0.235. The lowest BCUT2D eigenvalue weighted by Gasteiger charge is -2.22. The second-order valence-electron chi connectivity index (χ2n) is 4.70. The Morgan fingerprint density at radius 3 is 2.24 bits per heavy atom. The summed E-state index contributed by atoms with van der Waals surface area (Å²) < 4.78 is 0. The van der Waals surface area contributed by atoms with Crippen molar-refractivity contribution in [1.29, 1.82) is 0 Å². The Morgan fingerprint density at radius 1 is 1.10 bits per heavy atom. The van der Waals surface area contributed by atoms with Gasteiger partial charge < -0.3 is 10.4 Å². The number of nitrogens with one attached hydrogen (secondary N) is 1. The molecule has 0 heterocycles. The molecular formula is C17H19NO2S. The first kappa shape index (κ1) is 15.6. The normalized spacial score (nSPS) is 13.4. The molecule has 0 radical (unpaired) electrons. The minimum Gasteiger partial charge on any atom is -0.387 e. The third kappa shape index (κ3) is 4.62. The predicted octanol–water partition coefficient (Wildman–Crippen LogP) is 3.02. The maximum Gasteiger partial charge on any atom is 0.220 e. The lowest BCUT2D eigenvalue weighted by atomic mass is 10.0. The van der Waals surface area contributed by atoms with E-state index in [1.54, 1.807) is 7.05 Å². The average Bonchev–Trinajstić information content (AvgIpc) is 2.55. The largest absolute Gasteiger partial charge is 0.387 e. The lowest BCUT2D eigenvalue weighted by molar-refractivity contribution is -0.121. The number of carbonyl (C=O) groups is 1. The van der Waals surface area contributed by atoms with Crippen molar-refractivity contribution in [3.63, 3.8) is 0 Å². The fourth-order valence-electron chi connectivity index (χ4n) is 2.04. The summed E-state index contributed by atoms with van der Waals surface area (Å²) in [6.07, 6.45) is -0.416. The van der Waals surface area contributed by atoms with Crippen molar-refractivity contribution in [2.45, 2.75) is 22.7 Å². The van der Waals surface area contributed by atoms with Gasteiger partial charge in [-0.1, -0.05) is 48.5 Å². The van der Waals surface area contributed by atoms with E-state index < -0.39 is 6.10 Å². The summed E-state index contributed by atoms with van der Waals surface area (Å²) >= 11 is 1.52. The van der Waals surface area contributed by atoms with Gasteiger partial charge in [-0.25, -0.2) is 0 Å². The van der Waals surface area contributed by atoms with Crippen molar-refractivity contribution in [2.24, 2.45) is 0 Å². The van der Waals surface area contributed by atoms with Gasteiger partial charge in [0.15, 0.2) is 0 Å². The Labute approximate surface area is 129 Å². The van der Waals surface area contributed by atoms with E-state index in [0.29, 0.717) is 0 Å². The van der Waals surface area contributed by atoms with Gasteiger partial charge in [-0.05, 0) is 17.7 Å². The maximum atomic E-state index is 11.7. The van der Waals surface area contributed by atoms with Crippen molar-refractivity contribution in [3.8, 4) is 0 Å². The van der Waals surface area contributed by atoms with E-state index in [0.717, 1.165) is 10.5 Å². The number of hydrogen-bond acceptors (Lipinski definition) is 3. The van der Waals surface area contributed by atoms with Crippen LogP contribution in [0.2, 0.25) is 0 Å². The molecule has 110 valence electrons. The molecule has 0 aliphatic carbocycles. The second-order valence-corrected chi connectivity index (χ2v) is 6.01. The monoisotopic (exact) mass is 301 g/mol. The van der Waals surface area contributed by atoms with Gasteiger partial charge in [0.05, 0.1) is 6.10 Å². The molecule has 0 spiro atoms. The third-order valence-electron chi connectivity index (χ3n) is 3.19. The van der Waals surface area contributed by atoms with Gasteiger partial charge in [-0.15, -0.1) is 11.8 Å². The van der Waals surface area contributed by atoms with E-state index in [2.05, 4.69) is 5.32 Å². The second kappa shape index (κ2) is 7.86. The molecule has 0 bridgehead atoms. The van der Waals surface area contributed by atoms with E-state index in [-0.39, 0.29) is 17.6 Å². The van der Waals surface area contributed by atoms with Gasteiger partial charge in [-0.2, -0.15) is 0 Å². The summed E-state index contributed by atoms with van der Waals surface area (Å²) in [5.41, 5.74) is 0.829. The van der Waals surface area contributed by atoms with Crippen LogP contribution in [0.25, 0.3) is 0 Å². The fourth-order valence-corrected chi connectivity index (χ4v) is 3.23. The van der Waals surface area contributed by atoms with Gasteiger partial charge in [0.2, 0.25) is 5.91 Å². The number of thioether (sulfide) groups is 1. The Hall–Kier alpha value is -1.78. The number of aliphatic hydroxyl groups is 1. The van der Waals surface area contributed by atoms with Crippen molar-refractivity contribution in [1.82, 2.24) is 5.32 Å². The summed E-state index contributed by atoms with van der Waals surface area (Å²) in [6, 6.07) is 19.3. The van der Waals surface area contributed by atoms with Crippen molar-refractivity contribution in [2.75, 3.05) is 7.05 Å². The van der Waals surface area contributed by atoms with Crippen LogP contribution in [0.4, 0.5) is 0 Å². The molecule has 2 N–H and O–H groups in total. The van der Waals surface area contributed by atoms with Gasteiger partial charge in [-0.3, -0.25) is 4.79 Å². The molecule has 0 saturated carbocycles. The zero-order valence-electron chi connectivity index (χ0n) is 11.9. The molecule has 0 saturated heterocycles. The highest BCUT2D eigenvalue weighted by Gasteiger charge is 2.24. The topological polar surface area (TPSA) is 49.3 Å². The van der Waals surface area contributed by atoms with Gasteiger partial charge in [0.1, 0.15) is 0 Å². The number of benzene rings is 2. The Bertz CT molecular complexity index is 560. The summed E-state index contributed by atoms with van der Waals surface area (Å²) in [5.74, 6) is -0.0709. The highest BCUT2D eigenvalue weighted by atomic mass is 32.2. The van der Waals surface area contributed by atoms with Crippen LogP contribution in [0, 0.1) is 0 Å². The molecule has 1 amide bonds. The molecular weight excluding hydrogens is 282 g/mol. The molecule has 2 rings (SSSR count). The molecule has 2 aromatic rings. The van der Waals surface area contributed by atoms with Crippen LogP contribution in [0.15, 0.2) is 65.6 Å². The third-order valence-corrected chi connectivity index (χ3v) is 4.46. The van der Waals surface area contributed by atoms with Crippen LogP contribution in [-0.2, 0) is 4.79 Å². The number of hydrogen-bond donors (Lipinski definition) is 2. The van der Waals surface area contributed by atoms with Crippen LogP contribution in [0.1, 0.15) is 18.1 Å². The molecule has 2 unspecified atom stereocenters. The molecule has 21 heavy (non-hydrogen) atoms. The lowest BCUT2D eigenvalue weighted by Crippen LogP contribution is -2.26. The molecule has 2 atom stereocenters. The van der Waals surface area contributed by atoms with Gasteiger partial charge in [0.25, 0.3) is 0 Å². The highest BCUT2D eigenvalue weighted by Crippen LogP contribution is 2.34. The minimum atomic E-state index is -0.686. The van der Waals surface area contributed by atoms with E-state index in [9.17, 15) is 9.90 Å². The van der Waals surface area contributed by atoms with Crippen molar-refractivity contribution in [3.05, 3.63) is 66.2 Å². The molecule has 0 aliphatic heterocycles. The van der Waals surface area contributed by atoms with Crippen molar-refractivity contribution < 1.29 is 9.90 Å². The van der Waals surface area contributed by atoms with Crippen LogP contribution in [0.3, 0.4) is 0 Å². The predicted molar refractivity (Wildman–Crippen MR) is 86.2 cm³/mol. The smallest absolute Gasteiger partial charge is 0.220 e. The van der Waals surface area contributed by atoms with Crippen LogP contribution in [-0.4, -0.2) is 23.3 Å². The van der Waals surface area contributed by atoms with Crippen LogP contribution >= 0.6 is 11.8 Å². The Morgan fingerprint density at radius 2 is 1.67 bits per heavy atom. The first-order valence-corrected chi connectivity index (χ1v) is 7.74. The van der Waals surface area contributed by atoms with E-state index >= 15 is 0 Å². The Kier molecular flexibility index (Phi) is 5.84. The molecule has 3 nitrogen and oxygen atoms in total. The average molecular weight is 301 g/mol. The molecule has 4 heteroatoms. The van der Waals surface area contributed by atoms with Gasteiger partial charge >= 0.3 is 0 Å². The quantitative estimate of drug-likeness (QED) is 0.806. The molecule has 0 aromatic heterocycles. The molecule has 0 fully saturated rings. The number of aliphatic hydroxyl groups excluding tert-OH is 1. The number of rotatable bonds is 6. The van der Waals surface area contributed by atoms with Gasteiger partial charge in [0, 0.05) is 23.6 Å². The maximum absolute atomic E-state index is 11.7. The Balaban J connectivity index is 2.17. The first-order valence-electron chi connectivity index (χ1n) is 6.86. The highest BCUT2D eigenvalue weighted by molar-refractivity contribution is 8.00. The summed E-state index contributed by atoms with van der Waals surface area (Å²) in [4.78, 5) is 12.8. The summed E-state index contributed by atoms with van der Waals surface area (Å²) in [6.45, 7) is 0.